The van der Waals surface area contributed by atoms with Crippen LogP contribution in [-0.4, -0.2) is 37.7 Å². The first kappa shape index (κ1) is 27.7. The molecule has 3 rings (SSSR count). The molecule has 1 heterocycles. The Morgan fingerprint density at radius 1 is 0.973 bits per heavy atom. The lowest BCUT2D eigenvalue weighted by molar-refractivity contribution is -0.131. The number of hydrogen-bond donors (Lipinski definition) is 2. The summed E-state index contributed by atoms with van der Waals surface area (Å²) in [6.07, 6.45) is 0.653. The fraction of sp³-hybridized carbons (Fsp3) is 0.448. The standard InChI is InChI=1S/C29H34N4O4/c1-27(2,18-30)22-14-21(15-23(16-22)28(3,4)19-31)25(34)33-29(10-12-37-13-11-29)26(35)32-17-20-6-8-24(36-5)9-7-20/h6-9,14-16H,10-13,17H2,1-5H3,(H,32,35)(H,33,34). The molecule has 1 saturated heterocycles. The van der Waals surface area contributed by atoms with Crippen LogP contribution >= 0.6 is 0 Å². The number of carbonyl (C=O) groups excluding carboxylic acids is 2. The van der Waals surface area contributed by atoms with Crippen LogP contribution in [0.15, 0.2) is 42.5 Å². The molecular weight excluding hydrogens is 468 g/mol. The Morgan fingerprint density at radius 3 is 2.00 bits per heavy atom. The summed E-state index contributed by atoms with van der Waals surface area (Å²) in [6, 6.07) is 17.0. The van der Waals surface area contributed by atoms with E-state index in [0.717, 1.165) is 11.3 Å². The maximum atomic E-state index is 13.6. The summed E-state index contributed by atoms with van der Waals surface area (Å²) < 4.78 is 10.7. The minimum absolute atomic E-state index is 0.286. The van der Waals surface area contributed by atoms with Crippen LogP contribution in [0, 0.1) is 22.7 Å². The molecule has 2 N–H and O–H groups in total. The highest BCUT2D eigenvalue weighted by atomic mass is 16.5. The average Bonchev–Trinajstić information content (AvgIpc) is 2.92. The molecule has 0 spiro atoms. The zero-order chi connectivity index (χ0) is 27.3. The third-order valence-electron chi connectivity index (χ3n) is 6.94. The average molecular weight is 503 g/mol. The Balaban J connectivity index is 1.90. The summed E-state index contributed by atoms with van der Waals surface area (Å²) in [5.74, 6) is 0.00197. The number of hydrogen-bond acceptors (Lipinski definition) is 6. The lowest BCUT2D eigenvalue weighted by Gasteiger charge is -2.36. The smallest absolute Gasteiger partial charge is 0.252 e. The van der Waals surface area contributed by atoms with E-state index in [-0.39, 0.29) is 5.91 Å². The first-order chi connectivity index (χ1) is 17.5. The Bertz CT molecular complexity index is 1190. The fourth-order valence-corrected chi connectivity index (χ4v) is 4.12. The van der Waals surface area contributed by atoms with Crippen LogP contribution in [0.3, 0.4) is 0 Å². The molecule has 0 aromatic heterocycles. The highest BCUT2D eigenvalue weighted by Gasteiger charge is 2.42. The van der Waals surface area contributed by atoms with Crippen LogP contribution in [0.1, 0.15) is 67.6 Å². The molecule has 194 valence electrons. The molecule has 0 atom stereocenters. The number of ether oxygens (including phenoxy) is 2. The number of carbonyl (C=O) groups is 2. The van der Waals surface area contributed by atoms with Crippen molar-refractivity contribution >= 4 is 11.8 Å². The van der Waals surface area contributed by atoms with E-state index < -0.39 is 22.3 Å². The van der Waals surface area contributed by atoms with Gasteiger partial charge in [-0.25, -0.2) is 0 Å². The number of methoxy groups -OCH3 is 1. The van der Waals surface area contributed by atoms with Crippen LogP contribution in [0.4, 0.5) is 0 Å². The number of benzene rings is 2. The third kappa shape index (κ3) is 6.28. The van der Waals surface area contributed by atoms with E-state index in [1.807, 2.05) is 24.3 Å². The molecular formula is C29H34N4O4. The lowest BCUT2D eigenvalue weighted by Crippen LogP contribution is -2.61. The zero-order valence-electron chi connectivity index (χ0n) is 22.1. The number of nitrogens with zero attached hydrogens (tertiary/aromatic N) is 2. The van der Waals surface area contributed by atoms with Gasteiger partial charge >= 0.3 is 0 Å². The van der Waals surface area contributed by atoms with E-state index in [4.69, 9.17) is 9.47 Å². The maximum Gasteiger partial charge on any atom is 0.252 e. The van der Waals surface area contributed by atoms with Gasteiger partial charge in [-0.15, -0.1) is 0 Å². The van der Waals surface area contributed by atoms with E-state index in [1.165, 1.54) is 0 Å². The van der Waals surface area contributed by atoms with Crippen molar-refractivity contribution in [2.45, 2.75) is 63.5 Å². The van der Waals surface area contributed by atoms with Gasteiger partial charge in [-0.2, -0.15) is 10.5 Å². The van der Waals surface area contributed by atoms with Gasteiger partial charge < -0.3 is 20.1 Å². The molecule has 2 aromatic rings. The molecule has 8 heteroatoms. The summed E-state index contributed by atoms with van der Waals surface area (Å²) in [4.78, 5) is 27.0. The molecule has 0 aliphatic carbocycles. The van der Waals surface area contributed by atoms with Crippen LogP contribution in [0.5, 0.6) is 5.75 Å². The molecule has 0 unspecified atom stereocenters. The van der Waals surface area contributed by atoms with Gasteiger partial charge in [-0.1, -0.05) is 18.2 Å². The third-order valence-corrected chi connectivity index (χ3v) is 6.94. The Hall–Kier alpha value is -3.88. The monoisotopic (exact) mass is 502 g/mol. The quantitative estimate of drug-likeness (QED) is 0.564. The molecule has 1 aliphatic rings. The van der Waals surface area contributed by atoms with Crippen molar-refractivity contribution in [3.63, 3.8) is 0 Å². The maximum absolute atomic E-state index is 13.6. The summed E-state index contributed by atoms with van der Waals surface area (Å²) >= 11 is 0. The van der Waals surface area contributed by atoms with Crippen molar-refractivity contribution in [2.24, 2.45) is 0 Å². The van der Waals surface area contributed by atoms with Crippen molar-refractivity contribution in [2.75, 3.05) is 20.3 Å². The Labute approximate surface area is 218 Å². The summed E-state index contributed by atoms with van der Waals surface area (Å²) in [6.45, 7) is 8.03. The number of nitriles is 2. The summed E-state index contributed by atoms with van der Waals surface area (Å²) in [5, 5.41) is 25.3. The van der Waals surface area contributed by atoms with Crippen LogP contribution < -0.4 is 15.4 Å². The van der Waals surface area contributed by atoms with Gasteiger partial charge in [0.25, 0.3) is 5.91 Å². The highest BCUT2D eigenvalue weighted by Crippen LogP contribution is 2.31. The predicted molar refractivity (Wildman–Crippen MR) is 139 cm³/mol. The molecule has 0 radical (unpaired) electrons. The Kier molecular flexibility index (Phi) is 8.25. The Morgan fingerprint density at radius 2 is 1.51 bits per heavy atom. The summed E-state index contributed by atoms with van der Waals surface area (Å²) in [5.41, 5.74) is -0.430. The van der Waals surface area contributed by atoms with E-state index in [9.17, 15) is 20.1 Å². The minimum atomic E-state index is -1.15. The molecule has 1 aliphatic heterocycles. The molecule has 8 nitrogen and oxygen atoms in total. The second kappa shape index (κ2) is 11.0. The summed E-state index contributed by atoms with van der Waals surface area (Å²) in [7, 11) is 1.59. The van der Waals surface area contributed by atoms with Crippen LogP contribution in [-0.2, 0) is 26.9 Å². The van der Waals surface area contributed by atoms with Gasteiger partial charge in [0.15, 0.2) is 0 Å². The fourth-order valence-electron chi connectivity index (χ4n) is 4.12. The van der Waals surface area contributed by atoms with Crippen LogP contribution in [0.25, 0.3) is 0 Å². The number of amides is 2. The van der Waals surface area contributed by atoms with Crippen molar-refractivity contribution < 1.29 is 19.1 Å². The second-order valence-electron chi connectivity index (χ2n) is 10.5. The largest absolute Gasteiger partial charge is 0.497 e. The molecule has 37 heavy (non-hydrogen) atoms. The first-order valence-corrected chi connectivity index (χ1v) is 12.3. The number of rotatable bonds is 8. The van der Waals surface area contributed by atoms with E-state index in [0.29, 0.717) is 49.3 Å². The minimum Gasteiger partial charge on any atom is -0.497 e. The first-order valence-electron chi connectivity index (χ1n) is 12.3. The molecule has 0 bridgehead atoms. The molecule has 1 fully saturated rings. The van der Waals surface area contributed by atoms with Crippen molar-refractivity contribution in [1.82, 2.24) is 10.6 Å². The van der Waals surface area contributed by atoms with Gasteiger partial charge in [0.05, 0.1) is 30.1 Å². The normalized spacial score (nSPS) is 15.1. The van der Waals surface area contributed by atoms with Crippen molar-refractivity contribution in [3.8, 4) is 17.9 Å². The van der Waals surface area contributed by atoms with Crippen molar-refractivity contribution in [3.05, 3.63) is 64.7 Å². The van der Waals surface area contributed by atoms with E-state index in [2.05, 4.69) is 22.8 Å². The topological polar surface area (TPSA) is 124 Å². The van der Waals surface area contributed by atoms with Gasteiger partial charge in [0, 0.05) is 38.2 Å². The van der Waals surface area contributed by atoms with E-state index >= 15 is 0 Å². The molecule has 2 aromatic carbocycles. The molecule has 2 amide bonds. The van der Waals surface area contributed by atoms with Gasteiger partial charge in [-0.05, 0) is 68.7 Å². The predicted octanol–water partition coefficient (Wildman–Crippen LogP) is 3.89. The van der Waals surface area contributed by atoms with E-state index in [1.54, 1.807) is 53.0 Å². The van der Waals surface area contributed by atoms with Crippen molar-refractivity contribution in [1.29, 1.82) is 10.5 Å². The van der Waals surface area contributed by atoms with Gasteiger partial charge in [-0.3, -0.25) is 9.59 Å². The SMILES string of the molecule is COc1ccc(CNC(=O)C2(NC(=O)c3cc(C(C)(C)C#N)cc(C(C)(C)C#N)c3)CCOCC2)cc1. The van der Waals surface area contributed by atoms with Gasteiger partial charge in [0.2, 0.25) is 5.91 Å². The lowest BCUT2D eigenvalue weighted by atomic mass is 9.79. The highest BCUT2D eigenvalue weighted by molar-refractivity contribution is 5.99. The van der Waals surface area contributed by atoms with Crippen LogP contribution in [0.2, 0.25) is 0 Å². The zero-order valence-corrected chi connectivity index (χ0v) is 22.1. The number of nitrogens with one attached hydrogen (secondary N) is 2. The van der Waals surface area contributed by atoms with Gasteiger partial charge in [0.1, 0.15) is 11.3 Å². The molecule has 0 saturated carbocycles. The second-order valence-corrected chi connectivity index (χ2v) is 10.5.